The second-order valence-electron chi connectivity index (χ2n) is 4.80. The minimum Gasteiger partial charge on any atom is -0.337 e. The van der Waals surface area contributed by atoms with Crippen LogP contribution in [0.5, 0.6) is 0 Å². The number of hydrazine groups is 1. The maximum Gasteiger partial charge on any atom is 0.254 e. The van der Waals surface area contributed by atoms with Crippen molar-refractivity contribution in [2.24, 2.45) is 5.84 Å². The summed E-state index contributed by atoms with van der Waals surface area (Å²) >= 11 is 5.89. The standard InChI is InChI=1S/C15H17ClN4O/c1-10-5-3-4-6-11(10)9-20(2)15(21)12-7-13(16)18-14(8-12)19-17/h3-8H,9,17H2,1-2H3,(H,18,19). The van der Waals surface area contributed by atoms with Gasteiger partial charge in [0.05, 0.1) is 0 Å². The van der Waals surface area contributed by atoms with Gasteiger partial charge in [0, 0.05) is 19.2 Å². The Balaban J connectivity index is 2.20. The van der Waals surface area contributed by atoms with Crippen molar-refractivity contribution < 1.29 is 4.79 Å². The highest BCUT2D eigenvalue weighted by atomic mass is 35.5. The van der Waals surface area contributed by atoms with Crippen LogP contribution in [0, 0.1) is 6.92 Å². The third-order valence-electron chi connectivity index (χ3n) is 3.20. The quantitative estimate of drug-likeness (QED) is 0.517. The number of nitrogen functional groups attached to an aromatic ring is 1. The van der Waals surface area contributed by atoms with E-state index in [1.165, 1.54) is 6.07 Å². The smallest absolute Gasteiger partial charge is 0.254 e. The molecule has 1 amide bonds. The van der Waals surface area contributed by atoms with Crippen molar-refractivity contribution in [3.8, 4) is 0 Å². The number of carbonyl (C=O) groups is 1. The summed E-state index contributed by atoms with van der Waals surface area (Å²) in [5, 5.41) is 0.220. The van der Waals surface area contributed by atoms with Gasteiger partial charge in [0.15, 0.2) is 0 Å². The Labute approximate surface area is 128 Å². The molecule has 0 saturated heterocycles. The van der Waals surface area contributed by atoms with Crippen molar-refractivity contribution in [2.75, 3.05) is 12.5 Å². The maximum absolute atomic E-state index is 12.5. The summed E-state index contributed by atoms with van der Waals surface area (Å²) in [5.41, 5.74) is 5.09. The van der Waals surface area contributed by atoms with Gasteiger partial charge in [-0.3, -0.25) is 4.79 Å². The van der Waals surface area contributed by atoms with Gasteiger partial charge < -0.3 is 10.3 Å². The van der Waals surface area contributed by atoms with Crippen LogP contribution in [0.3, 0.4) is 0 Å². The highest BCUT2D eigenvalue weighted by molar-refractivity contribution is 6.29. The zero-order valence-corrected chi connectivity index (χ0v) is 12.7. The lowest BCUT2D eigenvalue weighted by atomic mass is 10.1. The number of rotatable bonds is 4. The number of anilines is 1. The molecule has 0 spiro atoms. The van der Waals surface area contributed by atoms with Gasteiger partial charge in [0.1, 0.15) is 11.0 Å². The van der Waals surface area contributed by atoms with E-state index in [1.54, 1.807) is 18.0 Å². The Kier molecular flexibility index (Phi) is 4.77. The lowest BCUT2D eigenvalue weighted by Crippen LogP contribution is -2.26. The Hall–Kier alpha value is -2.11. The summed E-state index contributed by atoms with van der Waals surface area (Å²) in [4.78, 5) is 18.0. The van der Waals surface area contributed by atoms with Gasteiger partial charge in [-0.2, -0.15) is 0 Å². The zero-order valence-electron chi connectivity index (χ0n) is 11.9. The average Bonchev–Trinajstić information content (AvgIpc) is 2.48. The molecule has 0 aliphatic rings. The van der Waals surface area contributed by atoms with Crippen LogP contribution in [0.1, 0.15) is 21.5 Å². The summed E-state index contributed by atoms with van der Waals surface area (Å²) < 4.78 is 0. The van der Waals surface area contributed by atoms with Crippen LogP contribution in [0.2, 0.25) is 5.15 Å². The van der Waals surface area contributed by atoms with Gasteiger partial charge >= 0.3 is 0 Å². The number of pyridine rings is 1. The van der Waals surface area contributed by atoms with Crippen LogP contribution < -0.4 is 11.3 Å². The van der Waals surface area contributed by atoms with Crippen molar-refractivity contribution in [1.82, 2.24) is 9.88 Å². The minimum atomic E-state index is -0.140. The zero-order chi connectivity index (χ0) is 15.4. The van der Waals surface area contributed by atoms with E-state index in [9.17, 15) is 4.79 Å². The first kappa shape index (κ1) is 15.3. The van der Waals surface area contributed by atoms with E-state index in [-0.39, 0.29) is 11.1 Å². The number of nitrogens with two attached hydrogens (primary N) is 1. The van der Waals surface area contributed by atoms with E-state index < -0.39 is 0 Å². The molecule has 2 rings (SSSR count). The van der Waals surface area contributed by atoms with Gasteiger partial charge in [-0.1, -0.05) is 35.9 Å². The maximum atomic E-state index is 12.5. The molecule has 0 bridgehead atoms. The van der Waals surface area contributed by atoms with Gasteiger partial charge in [-0.15, -0.1) is 0 Å². The SMILES string of the molecule is Cc1ccccc1CN(C)C(=O)c1cc(Cl)nc(NN)c1. The molecular weight excluding hydrogens is 288 g/mol. The fraction of sp³-hybridized carbons (Fsp3) is 0.200. The number of hydrogen-bond acceptors (Lipinski definition) is 4. The third kappa shape index (κ3) is 3.71. The highest BCUT2D eigenvalue weighted by Crippen LogP contribution is 2.17. The number of nitrogens with zero attached hydrogens (tertiary/aromatic N) is 2. The first-order chi connectivity index (χ1) is 10.0. The summed E-state index contributed by atoms with van der Waals surface area (Å²) in [6, 6.07) is 11.1. The molecule has 3 N–H and O–H groups in total. The molecule has 0 radical (unpaired) electrons. The molecule has 0 unspecified atom stereocenters. The molecule has 110 valence electrons. The second kappa shape index (κ2) is 6.56. The average molecular weight is 305 g/mol. The number of hydrogen-bond donors (Lipinski definition) is 2. The molecule has 1 aromatic heterocycles. The Morgan fingerprint density at radius 3 is 2.76 bits per heavy atom. The summed E-state index contributed by atoms with van der Waals surface area (Å²) in [5.74, 6) is 5.53. The number of nitrogens with one attached hydrogen (secondary N) is 1. The number of aryl methyl sites for hydroxylation is 1. The normalized spacial score (nSPS) is 10.3. The summed E-state index contributed by atoms with van der Waals surface area (Å²) in [6.45, 7) is 2.55. The molecule has 6 heteroatoms. The number of carbonyl (C=O) groups excluding carboxylic acids is 1. The number of benzene rings is 1. The minimum absolute atomic E-state index is 0.140. The molecule has 0 aliphatic heterocycles. The molecule has 5 nitrogen and oxygen atoms in total. The molecule has 0 saturated carbocycles. The second-order valence-corrected chi connectivity index (χ2v) is 5.18. The number of halogens is 1. The van der Waals surface area contributed by atoms with Gasteiger partial charge in [-0.25, -0.2) is 10.8 Å². The van der Waals surface area contributed by atoms with Crippen LogP contribution in [0.15, 0.2) is 36.4 Å². The van der Waals surface area contributed by atoms with Gasteiger partial charge in [0.25, 0.3) is 5.91 Å². The van der Waals surface area contributed by atoms with E-state index in [1.807, 2.05) is 31.2 Å². The van der Waals surface area contributed by atoms with Crippen molar-refractivity contribution >= 4 is 23.3 Å². The van der Waals surface area contributed by atoms with E-state index in [2.05, 4.69) is 10.4 Å². The number of amides is 1. The molecule has 1 aromatic carbocycles. The van der Waals surface area contributed by atoms with E-state index >= 15 is 0 Å². The first-order valence-corrected chi connectivity index (χ1v) is 6.83. The van der Waals surface area contributed by atoms with Crippen molar-refractivity contribution in [3.63, 3.8) is 0 Å². The molecule has 0 aliphatic carbocycles. The molecule has 2 aromatic rings. The monoisotopic (exact) mass is 304 g/mol. The predicted molar refractivity (Wildman–Crippen MR) is 84.0 cm³/mol. The largest absolute Gasteiger partial charge is 0.337 e. The van der Waals surface area contributed by atoms with Crippen LogP contribution >= 0.6 is 11.6 Å². The molecule has 1 heterocycles. The fourth-order valence-electron chi connectivity index (χ4n) is 2.03. The Morgan fingerprint density at radius 2 is 2.10 bits per heavy atom. The van der Waals surface area contributed by atoms with Crippen LogP contribution in [0.25, 0.3) is 0 Å². The topological polar surface area (TPSA) is 71.2 Å². The van der Waals surface area contributed by atoms with E-state index in [0.717, 1.165) is 11.1 Å². The van der Waals surface area contributed by atoms with Crippen molar-refractivity contribution in [1.29, 1.82) is 0 Å². The van der Waals surface area contributed by atoms with Crippen molar-refractivity contribution in [2.45, 2.75) is 13.5 Å². The molecule has 0 atom stereocenters. The van der Waals surface area contributed by atoms with Crippen molar-refractivity contribution in [3.05, 3.63) is 58.2 Å². The predicted octanol–water partition coefficient (Wildman–Crippen LogP) is 2.60. The van der Waals surface area contributed by atoms with E-state index in [4.69, 9.17) is 17.4 Å². The van der Waals surface area contributed by atoms with Crippen LogP contribution in [0.4, 0.5) is 5.82 Å². The summed E-state index contributed by atoms with van der Waals surface area (Å²) in [6.07, 6.45) is 0. The van der Waals surface area contributed by atoms with Crippen LogP contribution in [-0.4, -0.2) is 22.8 Å². The lowest BCUT2D eigenvalue weighted by Gasteiger charge is -2.19. The first-order valence-electron chi connectivity index (χ1n) is 6.45. The Bertz CT molecular complexity index is 660. The van der Waals surface area contributed by atoms with Crippen LogP contribution in [-0.2, 0) is 6.54 Å². The molecule has 21 heavy (non-hydrogen) atoms. The summed E-state index contributed by atoms with van der Waals surface area (Å²) in [7, 11) is 1.75. The fourth-order valence-corrected chi connectivity index (χ4v) is 2.24. The van der Waals surface area contributed by atoms with Gasteiger partial charge in [-0.05, 0) is 30.2 Å². The lowest BCUT2D eigenvalue weighted by molar-refractivity contribution is 0.0785. The highest BCUT2D eigenvalue weighted by Gasteiger charge is 2.15. The number of aromatic nitrogens is 1. The molecular formula is C15H17ClN4O. The van der Waals surface area contributed by atoms with E-state index in [0.29, 0.717) is 17.9 Å². The molecule has 0 fully saturated rings. The Morgan fingerprint density at radius 1 is 1.38 bits per heavy atom. The third-order valence-corrected chi connectivity index (χ3v) is 3.40. The van der Waals surface area contributed by atoms with Gasteiger partial charge in [0.2, 0.25) is 0 Å².